The molecule has 3 aromatic rings. The molecule has 0 atom stereocenters. The Labute approximate surface area is 104 Å². The lowest BCUT2D eigenvalue weighted by molar-refractivity contribution is 0.947. The maximum atomic E-state index is 5.61. The summed E-state index contributed by atoms with van der Waals surface area (Å²) in [4.78, 5) is 12.9. The normalized spacial score (nSPS) is 11.0. The van der Waals surface area contributed by atoms with Gasteiger partial charge < -0.3 is 10.3 Å². The van der Waals surface area contributed by atoms with E-state index in [1.807, 2.05) is 36.0 Å². The highest BCUT2D eigenvalue weighted by atomic mass is 15.1. The van der Waals surface area contributed by atoms with Gasteiger partial charge in [0, 0.05) is 31.5 Å². The van der Waals surface area contributed by atoms with E-state index in [2.05, 4.69) is 15.0 Å². The summed E-state index contributed by atoms with van der Waals surface area (Å²) in [5.41, 5.74) is 9.44. The van der Waals surface area contributed by atoms with Crippen molar-refractivity contribution in [2.75, 3.05) is 0 Å². The second-order valence-corrected chi connectivity index (χ2v) is 4.10. The van der Waals surface area contributed by atoms with Crippen molar-refractivity contribution in [3.05, 3.63) is 42.5 Å². The molecule has 2 N–H and O–H groups in total. The summed E-state index contributed by atoms with van der Waals surface area (Å²) in [7, 11) is 1.98. The fraction of sp³-hybridized carbons (Fsp3) is 0.154. The Kier molecular flexibility index (Phi) is 2.53. The molecule has 0 radical (unpaired) electrons. The van der Waals surface area contributed by atoms with Crippen LogP contribution in [0.4, 0.5) is 0 Å². The van der Waals surface area contributed by atoms with Crippen LogP contribution in [0.3, 0.4) is 0 Å². The van der Waals surface area contributed by atoms with Crippen LogP contribution >= 0.6 is 0 Å². The van der Waals surface area contributed by atoms with Gasteiger partial charge in [-0.3, -0.25) is 9.97 Å². The van der Waals surface area contributed by atoms with Crippen molar-refractivity contribution in [1.82, 2.24) is 19.5 Å². The van der Waals surface area contributed by atoms with E-state index in [0.717, 1.165) is 28.1 Å². The van der Waals surface area contributed by atoms with Crippen LogP contribution in [0.2, 0.25) is 0 Å². The minimum atomic E-state index is 0.430. The zero-order valence-corrected chi connectivity index (χ0v) is 10.0. The van der Waals surface area contributed by atoms with Crippen molar-refractivity contribution in [2.45, 2.75) is 6.54 Å². The van der Waals surface area contributed by atoms with Gasteiger partial charge in [0.2, 0.25) is 0 Å². The number of aryl methyl sites for hydroxylation is 1. The first-order valence-electron chi connectivity index (χ1n) is 5.71. The monoisotopic (exact) mass is 239 g/mol. The number of hydrogen-bond donors (Lipinski definition) is 1. The number of hydrogen-bond acceptors (Lipinski definition) is 4. The molecule has 0 aliphatic carbocycles. The Balaban J connectivity index is 2.21. The molecule has 90 valence electrons. The number of pyridine rings is 2. The van der Waals surface area contributed by atoms with Gasteiger partial charge in [-0.25, -0.2) is 4.98 Å². The van der Waals surface area contributed by atoms with Crippen molar-refractivity contribution in [3.8, 4) is 11.4 Å². The average Bonchev–Trinajstić information content (AvgIpc) is 2.77. The molecule has 3 aromatic heterocycles. The second-order valence-electron chi connectivity index (χ2n) is 4.10. The van der Waals surface area contributed by atoms with E-state index < -0.39 is 0 Å². The maximum absolute atomic E-state index is 5.61. The van der Waals surface area contributed by atoms with E-state index >= 15 is 0 Å². The van der Waals surface area contributed by atoms with Gasteiger partial charge in [-0.1, -0.05) is 0 Å². The minimum absolute atomic E-state index is 0.430. The van der Waals surface area contributed by atoms with Gasteiger partial charge in [-0.05, 0) is 18.2 Å². The van der Waals surface area contributed by atoms with E-state index in [1.54, 1.807) is 12.4 Å². The summed E-state index contributed by atoms with van der Waals surface area (Å²) in [6, 6.07) is 5.81. The molecule has 3 heterocycles. The molecular weight excluding hydrogens is 226 g/mol. The molecule has 0 unspecified atom stereocenters. The van der Waals surface area contributed by atoms with Gasteiger partial charge in [-0.2, -0.15) is 0 Å². The summed E-state index contributed by atoms with van der Waals surface area (Å²) in [5, 5.41) is 0. The number of imidazole rings is 1. The Bertz CT molecular complexity index is 701. The van der Waals surface area contributed by atoms with Gasteiger partial charge in [0.25, 0.3) is 0 Å². The Morgan fingerprint density at radius 1 is 1.28 bits per heavy atom. The highest BCUT2D eigenvalue weighted by Gasteiger charge is 2.09. The summed E-state index contributed by atoms with van der Waals surface area (Å²) >= 11 is 0. The van der Waals surface area contributed by atoms with Crippen LogP contribution < -0.4 is 5.73 Å². The van der Waals surface area contributed by atoms with E-state index in [-0.39, 0.29) is 0 Å². The lowest BCUT2D eigenvalue weighted by Gasteiger charge is -2.03. The Morgan fingerprint density at radius 3 is 2.94 bits per heavy atom. The van der Waals surface area contributed by atoms with E-state index in [4.69, 9.17) is 5.73 Å². The molecule has 0 aliphatic heterocycles. The van der Waals surface area contributed by atoms with Gasteiger partial charge in [0.1, 0.15) is 5.82 Å². The number of nitrogens with two attached hydrogens (primary N) is 1. The molecule has 0 saturated carbocycles. The highest BCUT2D eigenvalue weighted by molar-refractivity contribution is 5.79. The molecule has 0 bridgehead atoms. The average molecular weight is 239 g/mol. The van der Waals surface area contributed by atoms with Crippen molar-refractivity contribution in [2.24, 2.45) is 12.8 Å². The molecule has 0 spiro atoms. The lowest BCUT2D eigenvalue weighted by atomic mass is 10.2. The lowest BCUT2D eigenvalue weighted by Crippen LogP contribution is -2.00. The highest BCUT2D eigenvalue weighted by Crippen LogP contribution is 2.22. The predicted molar refractivity (Wildman–Crippen MR) is 69.6 cm³/mol. The molecule has 0 aliphatic rings. The SMILES string of the molecule is Cn1c(-c2ccnc(CN)c2)nc2ccncc21. The van der Waals surface area contributed by atoms with Crippen molar-refractivity contribution in [3.63, 3.8) is 0 Å². The quantitative estimate of drug-likeness (QED) is 0.735. The molecule has 0 amide bonds. The second kappa shape index (κ2) is 4.19. The Morgan fingerprint density at radius 2 is 2.17 bits per heavy atom. The van der Waals surface area contributed by atoms with Gasteiger partial charge in [-0.15, -0.1) is 0 Å². The molecule has 0 aromatic carbocycles. The molecule has 18 heavy (non-hydrogen) atoms. The van der Waals surface area contributed by atoms with E-state index in [1.165, 1.54) is 0 Å². The van der Waals surface area contributed by atoms with Gasteiger partial charge >= 0.3 is 0 Å². The Hall–Kier alpha value is -2.27. The van der Waals surface area contributed by atoms with Gasteiger partial charge in [0.15, 0.2) is 0 Å². The largest absolute Gasteiger partial charge is 0.326 e. The number of fused-ring (bicyclic) bond motifs is 1. The van der Waals surface area contributed by atoms with Crippen LogP contribution in [0.1, 0.15) is 5.69 Å². The van der Waals surface area contributed by atoms with Crippen LogP contribution in [0.15, 0.2) is 36.8 Å². The molecule has 3 rings (SSSR count). The smallest absolute Gasteiger partial charge is 0.141 e. The third-order valence-corrected chi connectivity index (χ3v) is 2.97. The van der Waals surface area contributed by atoms with Crippen LogP contribution in [0.25, 0.3) is 22.4 Å². The number of rotatable bonds is 2. The fourth-order valence-corrected chi connectivity index (χ4v) is 2.02. The fourth-order valence-electron chi connectivity index (χ4n) is 2.02. The first-order valence-corrected chi connectivity index (χ1v) is 5.71. The topological polar surface area (TPSA) is 69.6 Å². The zero-order valence-electron chi connectivity index (χ0n) is 10.0. The standard InChI is InChI=1S/C13H13N5/c1-18-12-8-15-4-3-11(12)17-13(18)9-2-5-16-10(6-9)7-14/h2-6,8H,7,14H2,1H3. The van der Waals surface area contributed by atoms with Crippen molar-refractivity contribution in [1.29, 1.82) is 0 Å². The molecule has 5 heteroatoms. The summed E-state index contributed by atoms with van der Waals surface area (Å²) in [6.07, 6.45) is 5.32. The first-order chi connectivity index (χ1) is 8.79. The summed E-state index contributed by atoms with van der Waals surface area (Å²) < 4.78 is 2.03. The van der Waals surface area contributed by atoms with Crippen molar-refractivity contribution >= 4 is 11.0 Å². The molecule has 5 nitrogen and oxygen atoms in total. The summed E-state index contributed by atoms with van der Waals surface area (Å²) in [6.45, 7) is 0.430. The van der Waals surface area contributed by atoms with E-state index in [0.29, 0.717) is 6.54 Å². The number of nitrogens with zero attached hydrogens (tertiary/aromatic N) is 4. The summed E-state index contributed by atoms with van der Waals surface area (Å²) in [5.74, 6) is 0.898. The van der Waals surface area contributed by atoms with Crippen LogP contribution in [-0.2, 0) is 13.6 Å². The zero-order chi connectivity index (χ0) is 12.5. The number of aromatic nitrogens is 4. The van der Waals surface area contributed by atoms with Crippen LogP contribution in [0, 0.1) is 0 Å². The third-order valence-electron chi connectivity index (χ3n) is 2.97. The predicted octanol–water partition coefficient (Wildman–Crippen LogP) is 1.49. The van der Waals surface area contributed by atoms with Crippen LogP contribution in [-0.4, -0.2) is 19.5 Å². The molecular formula is C13H13N5. The minimum Gasteiger partial charge on any atom is -0.326 e. The maximum Gasteiger partial charge on any atom is 0.141 e. The molecule has 0 fully saturated rings. The van der Waals surface area contributed by atoms with Crippen LogP contribution in [0.5, 0.6) is 0 Å². The first kappa shape index (κ1) is 10.9. The third kappa shape index (κ3) is 1.65. The molecule has 0 saturated heterocycles. The van der Waals surface area contributed by atoms with Crippen molar-refractivity contribution < 1.29 is 0 Å². The van der Waals surface area contributed by atoms with E-state index in [9.17, 15) is 0 Å². The van der Waals surface area contributed by atoms with Gasteiger partial charge in [0.05, 0.1) is 22.9 Å².